The van der Waals surface area contributed by atoms with E-state index in [2.05, 4.69) is 56.4 Å². The molecule has 106 valence electrons. The lowest BCUT2D eigenvalue weighted by Gasteiger charge is -2.14. The van der Waals surface area contributed by atoms with Gasteiger partial charge in [-0.2, -0.15) is 0 Å². The average molecular weight is 285 g/mol. The fourth-order valence-corrected chi connectivity index (χ4v) is 3.81. The Bertz CT molecular complexity index is 578. The van der Waals surface area contributed by atoms with Crippen LogP contribution in [0.4, 0.5) is 0 Å². The maximum absolute atomic E-state index is 3.64. The molecule has 2 heteroatoms. The van der Waals surface area contributed by atoms with Crippen molar-refractivity contribution < 1.29 is 0 Å². The van der Waals surface area contributed by atoms with Crippen LogP contribution in [0.1, 0.15) is 58.2 Å². The van der Waals surface area contributed by atoms with E-state index in [0.29, 0.717) is 6.04 Å². The molecule has 3 rings (SSSR count). The first-order chi connectivity index (χ1) is 9.63. The number of benzene rings is 1. The standard InChI is InChI=1S/C18H23NS/c1-12-10-18(14(3)20-12)13(2)19-11-15-4-6-16(7-5-15)17-8-9-17/h4-7,10,13,17,19H,8-9,11H2,1-3H3. The van der Waals surface area contributed by atoms with Gasteiger partial charge in [0.05, 0.1) is 0 Å². The van der Waals surface area contributed by atoms with Gasteiger partial charge in [0.1, 0.15) is 0 Å². The highest BCUT2D eigenvalue weighted by molar-refractivity contribution is 7.12. The summed E-state index contributed by atoms with van der Waals surface area (Å²) in [6.07, 6.45) is 2.76. The molecule has 2 aromatic rings. The first-order valence-corrected chi connectivity index (χ1v) is 8.34. The summed E-state index contributed by atoms with van der Waals surface area (Å²) in [5, 5.41) is 3.64. The first-order valence-electron chi connectivity index (χ1n) is 7.52. The van der Waals surface area contributed by atoms with Crippen molar-refractivity contribution in [2.75, 3.05) is 0 Å². The van der Waals surface area contributed by atoms with Crippen molar-refractivity contribution in [3.8, 4) is 0 Å². The molecule has 1 atom stereocenters. The third-order valence-electron chi connectivity index (χ3n) is 4.19. The van der Waals surface area contributed by atoms with Crippen molar-refractivity contribution in [2.24, 2.45) is 0 Å². The van der Waals surface area contributed by atoms with Crippen LogP contribution < -0.4 is 5.32 Å². The minimum Gasteiger partial charge on any atom is -0.306 e. The van der Waals surface area contributed by atoms with Gasteiger partial charge in [-0.3, -0.25) is 0 Å². The molecule has 1 N–H and O–H groups in total. The van der Waals surface area contributed by atoms with Gasteiger partial charge in [0.2, 0.25) is 0 Å². The lowest BCUT2D eigenvalue weighted by molar-refractivity contribution is 0.574. The minimum atomic E-state index is 0.419. The van der Waals surface area contributed by atoms with Gasteiger partial charge in [-0.15, -0.1) is 11.3 Å². The zero-order valence-electron chi connectivity index (χ0n) is 12.6. The highest BCUT2D eigenvalue weighted by Crippen LogP contribution is 2.39. The maximum Gasteiger partial charge on any atom is 0.0305 e. The Hall–Kier alpha value is -1.12. The molecule has 0 radical (unpaired) electrons. The van der Waals surface area contributed by atoms with Crippen LogP contribution in [0, 0.1) is 13.8 Å². The van der Waals surface area contributed by atoms with Gasteiger partial charge in [-0.05, 0) is 62.3 Å². The molecule has 1 aliphatic rings. The van der Waals surface area contributed by atoms with Gasteiger partial charge >= 0.3 is 0 Å². The van der Waals surface area contributed by atoms with Crippen LogP contribution in [-0.4, -0.2) is 0 Å². The highest BCUT2D eigenvalue weighted by Gasteiger charge is 2.22. The van der Waals surface area contributed by atoms with Crippen LogP contribution in [-0.2, 0) is 6.54 Å². The van der Waals surface area contributed by atoms with Gasteiger partial charge in [-0.25, -0.2) is 0 Å². The molecule has 1 unspecified atom stereocenters. The van der Waals surface area contributed by atoms with E-state index in [4.69, 9.17) is 0 Å². The van der Waals surface area contributed by atoms with E-state index in [-0.39, 0.29) is 0 Å². The van der Waals surface area contributed by atoms with E-state index < -0.39 is 0 Å². The lowest BCUT2D eigenvalue weighted by atomic mass is 10.1. The second-order valence-corrected chi connectivity index (χ2v) is 7.45. The molecule has 1 aliphatic carbocycles. The molecule has 20 heavy (non-hydrogen) atoms. The van der Waals surface area contributed by atoms with E-state index in [0.717, 1.165) is 12.5 Å². The summed E-state index contributed by atoms with van der Waals surface area (Å²) in [6, 6.07) is 11.9. The van der Waals surface area contributed by atoms with Crippen molar-refractivity contribution in [1.82, 2.24) is 5.32 Å². The monoisotopic (exact) mass is 285 g/mol. The number of rotatable bonds is 5. The predicted octanol–water partition coefficient (Wildman–Crippen LogP) is 5.09. The molecule has 1 saturated carbocycles. The van der Waals surface area contributed by atoms with Crippen LogP contribution in [0.2, 0.25) is 0 Å². The maximum atomic E-state index is 3.64. The molecule has 1 nitrogen and oxygen atoms in total. The number of nitrogens with one attached hydrogen (secondary N) is 1. The summed E-state index contributed by atoms with van der Waals surface area (Å²) in [6.45, 7) is 7.60. The Morgan fingerprint density at radius 3 is 2.45 bits per heavy atom. The molecule has 0 bridgehead atoms. The molecule has 0 aliphatic heterocycles. The van der Waals surface area contributed by atoms with Gasteiger partial charge in [0.15, 0.2) is 0 Å². The molecular formula is C18H23NS. The van der Waals surface area contributed by atoms with Gasteiger partial charge in [0, 0.05) is 22.3 Å². The van der Waals surface area contributed by atoms with E-state index in [1.165, 1.54) is 39.3 Å². The Morgan fingerprint density at radius 1 is 1.20 bits per heavy atom. The van der Waals surface area contributed by atoms with Crippen LogP contribution in [0.5, 0.6) is 0 Å². The van der Waals surface area contributed by atoms with E-state index in [1.807, 2.05) is 11.3 Å². The molecule has 1 aromatic carbocycles. The average Bonchev–Trinajstić information content (AvgIpc) is 3.22. The topological polar surface area (TPSA) is 12.0 Å². The van der Waals surface area contributed by atoms with E-state index in [1.54, 1.807) is 0 Å². The second kappa shape index (κ2) is 5.71. The van der Waals surface area contributed by atoms with Gasteiger partial charge in [-0.1, -0.05) is 24.3 Å². The Kier molecular flexibility index (Phi) is 3.95. The smallest absolute Gasteiger partial charge is 0.0305 e. The number of hydrogen-bond donors (Lipinski definition) is 1. The minimum absolute atomic E-state index is 0.419. The lowest BCUT2D eigenvalue weighted by Crippen LogP contribution is -2.18. The largest absolute Gasteiger partial charge is 0.306 e. The quantitative estimate of drug-likeness (QED) is 0.806. The normalized spacial score (nSPS) is 16.4. The Morgan fingerprint density at radius 2 is 1.90 bits per heavy atom. The molecule has 1 aromatic heterocycles. The van der Waals surface area contributed by atoms with Crippen molar-refractivity contribution in [1.29, 1.82) is 0 Å². The second-order valence-electron chi connectivity index (χ2n) is 5.99. The summed E-state index contributed by atoms with van der Waals surface area (Å²) in [7, 11) is 0. The Balaban J connectivity index is 1.59. The molecule has 0 spiro atoms. The van der Waals surface area contributed by atoms with Crippen LogP contribution in [0.3, 0.4) is 0 Å². The number of thiophene rings is 1. The number of aryl methyl sites for hydroxylation is 2. The first kappa shape index (κ1) is 13.8. The van der Waals surface area contributed by atoms with E-state index >= 15 is 0 Å². The third-order valence-corrected chi connectivity index (χ3v) is 5.17. The fraction of sp³-hybridized carbons (Fsp3) is 0.444. The van der Waals surface area contributed by atoms with E-state index in [9.17, 15) is 0 Å². The van der Waals surface area contributed by atoms with Gasteiger partial charge in [0.25, 0.3) is 0 Å². The molecular weight excluding hydrogens is 262 g/mol. The predicted molar refractivity (Wildman–Crippen MR) is 87.5 cm³/mol. The van der Waals surface area contributed by atoms with Crippen molar-refractivity contribution >= 4 is 11.3 Å². The summed E-state index contributed by atoms with van der Waals surface area (Å²) >= 11 is 1.89. The molecule has 1 heterocycles. The Labute approximate surface area is 126 Å². The molecule has 0 saturated heterocycles. The summed E-state index contributed by atoms with van der Waals surface area (Å²) < 4.78 is 0. The summed E-state index contributed by atoms with van der Waals surface area (Å²) in [5.74, 6) is 0.854. The summed E-state index contributed by atoms with van der Waals surface area (Å²) in [5.41, 5.74) is 4.35. The highest BCUT2D eigenvalue weighted by atomic mass is 32.1. The van der Waals surface area contributed by atoms with Crippen molar-refractivity contribution in [2.45, 2.75) is 52.1 Å². The van der Waals surface area contributed by atoms with Crippen LogP contribution in [0.25, 0.3) is 0 Å². The third kappa shape index (κ3) is 3.13. The molecule has 1 fully saturated rings. The van der Waals surface area contributed by atoms with Gasteiger partial charge < -0.3 is 5.32 Å². The van der Waals surface area contributed by atoms with Crippen molar-refractivity contribution in [3.05, 3.63) is 56.8 Å². The van der Waals surface area contributed by atoms with Crippen molar-refractivity contribution in [3.63, 3.8) is 0 Å². The van der Waals surface area contributed by atoms with Crippen LogP contribution >= 0.6 is 11.3 Å². The fourth-order valence-electron chi connectivity index (χ4n) is 2.79. The SMILES string of the molecule is Cc1cc(C(C)NCc2ccc(C3CC3)cc2)c(C)s1. The van der Waals surface area contributed by atoms with Crippen LogP contribution in [0.15, 0.2) is 30.3 Å². The zero-order valence-corrected chi connectivity index (χ0v) is 13.4. The number of hydrogen-bond acceptors (Lipinski definition) is 2. The molecule has 0 amide bonds. The summed E-state index contributed by atoms with van der Waals surface area (Å²) in [4.78, 5) is 2.84. The zero-order chi connectivity index (χ0) is 14.1.